The number of halogens is 1. The van der Waals surface area contributed by atoms with Crippen LogP contribution in [0.5, 0.6) is 0 Å². The molecule has 0 unspecified atom stereocenters. The van der Waals surface area contributed by atoms with Gasteiger partial charge in [0, 0.05) is 12.4 Å². The summed E-state index contributed by atoms with van der Waals surface area (Å²) in [4.78, 5) is 15.9. The van der Waals surface area contributed by atoms with Gasteiger partial charge in [0.15, 0.2) is 5.65 Å². The maximum Gasteiger partial charge on any atom is 0.350 e. The number of rotatable bonds is 2. The van der Waals surface area contributed by atoms with E-state index in [4.69, 9.17) is 5.73 Å². The molecule has 96 valence electrons. The van der Waals surface area contributed by atoms with Crippen LogP contribution in [0.3, 0.4) is 0 Å². The minimum atomic E-state index is -0.504. The van der Waals surface area contributed by atoms with E-state index in [1.807, 2.05) is 0 Å². The van der Waals surface area contributed by atoms with Crippen LogP contribution in [0, 0.1) is 5.82 Å². The smallest absolute Gasteiger partial charge is 0.350 e. The molecule has 0 bridgehead atoms. The molecule has 0 fully saturated rings. The zero-order valence-electron chi connectivity index (χ0n) is 9.82. The van der Waals surface area contributed by atoms with Gasteiger partial charge in [0.25, 0.3) is 0 Å². The summed E-state index contributed by atoms with van der Waals surface area (Å²) in [6, 6.07) is 4.42. The van der Waals surface area contributed by atoms with E-state index in [0.717, 1.165) is 0 Å². The maximum absolute atomic E-state index is 13.3. The molecule has 19 heavy (non-hydrogen) atoms. The summed E-state index contributed by atoms with van der Waals surface area (Å²) in [5.74, 6) is -0.504. The maximum atomic E-state index is 13.3. The third-order valence-electron chi connectivity index (χ3n) is 2.79. The van der Waals surface area contributed by atoms with Crippen LogP contribution in [-0.4, -0.2) is 19.2 Å². The molecule has 3 rings (SSSR count). The molecule has 0 atom stereocenters. The van der Waals surface area contributed by atoms with E-state index in [1.54, 1.807) is 6.07 Å². The normalized spacial score (nSPS) is 11.0. The van der Waals surface area contributed by atoms with E-state index in [-0.39, 0.29) is 17.9 Å². The van der Waals surface area contributed by atoms with Gasteiger partial charge in [-0.25, -0.2) is 18.3 Å². The van der Waals surface area contributed by atoms with Gasteiger partial charge in [-0.1, -0.05) is 6.07 Å². The lowest BCUT2D eigenvalue weighted by molar-refractivity contribution is 0.619. The van der Waals surface area contributed by atoms with Gasteiger partial charge in [-0.05, 0) is 17.7 Å². The largest absolute Gasteiger partial charge is 0.396 e. The monoisotopic (exact) mass is 259 g/mol. The minimum absolute atomic E-state index is 0.0790. The van der Waals surface area contributed by atoms with Gasteiger partial charge in [0.1, 0.15) is 5.82 Å². The van der Waals surface area contributed by atoms with Crippen molar-refractivity contribution in [1.82, 2.24) is 19.2 Å². The van der Waals surface area contributed by atoms with Crippen LogP contribution in [0.15, 0.2) is 41.6 Å². The van der Waals surface area contributed by atoms with Crippen LogP contribution in [0.2, 0.25) is 0 Å². The van der Waals surface area contributed by atoms with Crippen LogP contribution < -0.4 is 11.4 Å². The van der Waals surface area contributed by atoms with Crippen molar-refractivity contribution in [2.45, 2.75) is 6.54 Å². The Labute approximate surface area is 106 Å². The quantitative estimate of drug-likeness (QED) is 0.686. The zero-order valence-corrected chi connectivity index (χ0v) is 9.82. The number of benzene rings is 1. The van der Waals surface area contributed by atoms with Crippen LogP contribution in [0.25, 0.3) is 5.65 Å². The van der Waals surface area contributed by atoms with E-state index < -0.39 is 5.82 Å². The molecule has 0 saturated carbocycles. The standard InChI is InChI=1S/C12H10FN5O/c13-9-5-8(1-2-10(9)14)7-18-12(19)17-4-3-15-6-11(17)16-18/h1-6H,7,14H2. The first-order valence-electron chi connectivity index (χ1n) is 5.58. The summed E-state index contributed by atoms with van der Waals surface area (Å²) in [5, 5.41) is 4.11. The molecule has 7 heteroatoms. The van der Waals surface area contributed by atoms with E-state index >= 15 is 0 Å². The number of fused-ring (bicyclic) bond motifs is 1. The van der Waals surface area contributed by atoms with Gasteiger partial charge in [-0.15, -0.1) is 5.10 Å². The average Bonchev–Trinajstić information content (AvgIpc) is 2.72. The molecule has 0 radical (unpaired) electrons. The SMILES string of the molecule is Nc1ccc(Cn2nc3cnccn3c2=O)cc1F. The van der Waals surface area contributed by atoms with Crippen LogP contribution in [0.4, 0.5) is 10.1 Å². The summed E-state index contributed by atoms with van der Waals surface area (Å²) in [7, 11) is 0. The molecule has 3 aromatic rings. The Morgan fingerprint density at radius 2 is 2.21 bits per heavy atom. The highest BCUT2D eigenvalue weighted by Crippen LogP contribution is 2.12. The molecule has 0 spiro atoms. The van der Waals surface area contributed by atoms with Crippen molar-refractivity contribution in [3.63, 3.8) is 0 Å². The van der Waals surface area contributed by atoms with E-state index in [0.29, 0.717) is 11.2 Å². The van der Waals surface area contributed by atoms with Crippen molar-refractivity contribution in [2.24, 2.45) is 0 Å². The fourth-order valence-corrected chi connectivity index (χ4v) is 1.82. The van der Waals surface area contributed by atoms with Gasteiger partial charge in [-0.2, -0.15) is 0 Å². The number of nitrogen functional groups attached to an aromatic ring is 1. The third kappa shape index (κ3) is 1.95. The number of hydrogen-bond acceptors (Lipinski definition) is 4. The Morgan fingerprint density at radius 3 is 2.95 bits per heavy atom. The molecule has 2 heterocycles. The molecule has 6 nitrogen and oxygen atoms in total. The van der Waals surface area contributed by atoms with Crippen LogP contribution >= 0.6 is 0 Å². The average molecular weight is 259 g/mol. The Bertz CT molecular complexity index is 807. The second-order valence-electron chi connectivity index (χ2n) is 4.10. The van der Waals surface area contributed by atoms with E-state index in [2.05, 4.69) is 10.1 Å². The highest BCUT2D eigenvalue weighted by Gasteiger charge is 2.08. The van der Waals surface area contributed by atoms with Crippen molar-refractivity contribution < 1.29 is 4.39 Å². The first kappa shape index (κ1) is 11.4. The molecule has 1 aromatic carbocycles. The van der Waals surface area contributed by atoms with E-state index in [1.165, 1.54) is 39.8 Å². The van der Waals surface area contributed by atoms with Crippen LogP contribution in [-0.2, 0) is 6.54 Å². The Morgan fingerprint density at radius 1 is 1.37 bits per heavy atom. The lowest BCUT2D eigenvalue weighted by Gasteiger charge is -2.02. The molecule has 0 aliphatic rings. The van der Waals surface area contributed by atoms with Crippen LogP contribution in [0.1, 0.15) is 5.56 Å². The number of aromatic nitrogens is 4. The summed E-state index contributed by atoms with van der Waals surface area (Å²) in [5.41, 5.74) is 6.25. The number of nitrogens with two attached hydrogens (primary N) is 1. The summed E-state index contributed by atoms with van der Waals surface area (Å²) in [6.45, 7) is 0.178. The second-order valence-corrected chi connectivity index (χ2v) is 4.10. The molecule has 0 saturated heterocycles. The minimum Gasteiger partial charge on any atom is -0.396 e. The highest BCUT2D eigenvalue weighted by molar-refractivity contribution is 5.41. The summed E-state index contributed by atoms with van der Waals surface area (Å²) in [6.07, 6.45) is 4.52. The van der Waals surface area contributed by atoms with Gasteiger partial charge in [0.05, 0.1) is 18.4 Å². The molecular formula is C12H10FN5O. The van der Waals surface area contributed by atoms with Crippen molar-refractivity contribution >= 4 is 11.3 Å². The Hall–Kier alpha value is -2.70. The molecular weight excluding hydrogens is 249 g/mol. The molecule has 0 amide bonds. The zero-order chi connectivity index (χ0) is 13.4. The summed E-state index contributed by atoms with van der Waals surface area (Å²) < 4.78 is 16.0. The molecule has 0 aliphatic carbocycles. The fourth-order valence-electron chi connectivity index (χ4n) is 1.82. The van der Waals surface area contributed by atoms with E-state index in [9.17, 15) is 9.18 Å². The number of hydrogen-bond donors (Lipinski definition) is 1. The lowest BCUT2D eigenvalue weighted by Crippen LogP contribution is -2.21. The Balaban J connectivity index is 2.03. The predicted octanol–water partition coefficient (Wildman–Crippen LogP) is 0.661. The van der Waals surface area contributed by atoms with Gasteiger partial charge >= 0.3 is 5.69 Å². The first-order valence-corrected chi connectivity index (χ1v) is 5.58. The van der Waals surface area contributed by atoms with Crippen molar-refractivity contribution in [1.29, 1.82) is 0 Å². The second kappa shape index (κ2) is 4.20. The fraction of sp³-hybridized carbons (Fsp3) is 0.0833. The highest BCUT2D eigenvalue weighted by atomic mass is 19.1. The predicted molar refractivity (Wildman–Crippen MR) is 67.2 cm³/mol. The van der Waals surface area contributed by atoms with Gasteiger partial charge in [0.2, 0.25) is 0 Å². The number of anilines is 1. The third-order valence-corrected chi connectivity index (χ3v) is 2.79. The topological polar surface area (TPSA) is 78.2 Å². The van der Waals surface area contributed by atoms with Crippen molar-refractivity contribution in [2.75, 3.05) is 5.73 Å². The van der Waals surface area contributed by atoms with Gasteiger partial charge in [-0.3, -0.25) is 4.98 Å². The Kier molecular flexibility index (Phi) is 2.52. The summed E-state index contributed by atoms with van der Waals surface area (Å²) >= 11 is 0. The van der Waals surface area contributed by atoms with Crippen molar-refractivity contribution in [3.8, 4) is 0 Å². The molecule has 0 aliphatic heterocycles. The van der Waals surface area contributed by atoms with Gasteiger partial charge < -0.3 is 5.73 Å². The molecule has 2 aromatic heterocycles. The number of nitrogens with zero attached hydrogens (tertiary/aromatic N) is 4. The first-order chi connectivity index (χ1) is 9.15. The lowest BCUT2D eigenvalue weighted by atomic mass is 10.2. The molecule has 2 N–H and O–H groups in total. The van der Waals surface area contributed by atoms with Crippen molar-refractivity contribution in [3.05, 3.63) is 58.7 Å².